The SMILES string of the molecule is COc1ccc(C2=C(C)C(=O)N(C)C2=O)cc1. The molecule has 2 rings (SSSR count). The van der Waals surface area contributed by atoms with Crippen molar-refractivity contribution in [2.24, 2.45) is 0 Å². The van der Waals surface area contributed by atoms with E-state index in [-0.39, 0.29) is 11.8 Å². The van der Waals surface area contributed by atoms with E-state index in [1.807, 2.05) is 0 Å². The molecule has 0 spiro atoms. The van der Waals surface area contributed by atoms with Crippen molar-refractivity contribution in [1.29, 1.82) is 0 Å². The van der Waals surface area contributed by atoms with E-state index in [1.165, 1.54) is 7.05 Å². The maximum absolute atomic E-state index is 11.9. The largest absolute Gasteiger partial charge is 0.497 e. The van der Waals surface area contributed by atoms with Crippen LogP contribution in [0.5, 0.6) is 5.75 Å². The van der Waals surface area contributed by atoms with Gasteiger partial charge in [0.1, 0.15) is 5.75 Å². The van der Waals surface area contributed by atoms with Crippen molar-refractivity contribution in [2.45, 2.75) is 6.92 Å². The van der Waals surface area contributed by atoms with Gasteiger partial charge in [0, 0.05) is 12.6 Å². The highest BCUT2D eigenvalue weighted by molar-refractivity contribution is 6.35. The van der Waals surface area contributed by atoms with Gasteiger partial charge in [-0.2, -0.15) is 0 Å². The monoisotopic (exact) mass is 231 g/mol. The number of ether oxygens (including phenoxy) is 1. The molecule has 0 atom stereocenters. The summed E-state index contributed by atoms with van der Waals surface area (Å²) in [5.74, 6) is 0.232. The van der Waals surface area contributed by atoms with Crippen molar-refractivity contribution in [1.82, 2.24) is 4.90 Å². The van der Waals surface area contributed by atoms with Crippen LogP contribution in [0.15, 0.2) is 29.8 Å². The molecule has 88 valence electrons. The number of methoxy groups -OCH3 is 1. The van der Waals surface area contributed by atoms with E-state index in [9.17, 15) is 9.59 Å². The molecule has 0 fully saturated rings. The van der Waals surface area contributed by atoms with E-state index in [0.717, 1.165) is 16.2 Å². The van der Waals surface area contributed by atoms with Gasteiger partial charge in [0.15, 0.2) is 0 Å². The Hall–Kier alpha value is -2.10. The average Bonchev–Trinajstić information content (AvgIpc) is 2.54. The first-order valence-electron chi connectivity index (χ1n) is 5.24. The Bertz CT molecular complexity index is 514. The maximum Gasteiger partial charge on any atom is 0.261 e. The third kappa shape index (κ3) is 1.71. The van der Waals surface area contributed by atoms with Crippen LogP contribution in [0.3, 0.4) is 0 Å². The van der Waals surface area contributed by atoms with Crippen LogP contribution in [0.25, 0.3) is 5.57 Å². The van der Waals surface area contributed by atoms with Crippen LogP contribution < -0.4 is 4.74 Å². The number of amides is 2. The molecule has 1 aliphatic rings. The fourth-order valence-corrected chi connectivity index (χ4v) is 1.88. The number of benzene rings is 1. The second-order valence-electron chi connectivity index (χ2n) is 3.90. The van der Waals surface area contributed by atoms with Crippen LogP contribution in [-0.4, -0.2) is 30.9 Å². The number of hydrogen-bond donors (Lipinski definition) is 0. The molecule has 1 heterocycles. The lowest BCUT2D eigenvalue weighted by Crippen LogP contribution is -2.26. The average molecular weight is 231 g/mol. The van der Waals surface area contributed by atoms with E-state index >= 15 is 0 Å². The fourth-order valence-electron chi connectivity index (χ4n) is 1.88. The molecule has 0 saturated carbocycles. The van der Waals surface area contributed by atoms with Crippen molar-refractivity contribution in [2.75, 3.05) is 14.2 Å². The number of carbonyl (C=O) groups is 2. The van der Waals surface area contributed by atoms with Crippen LogP contribution in [0.4, 0.5) is 0 Å². The van der Waals surface area contributed by atoms with E-state index in [4.69, 9.17) is 4.74 Å². The zero-order chi connectivity index (χ0) is 12.6. The second-order valence-corrected chi connectivity index (χ2v) is 3.90. The molecular formula is C13H13NO3. The Morgan fingerprint density at radius 3 is 2.06 bits per heavy atom. The third-order valence-corrected chi connectivity index (χ3v) is 2.90. The summed E-state index contributed by atoms with van der Waals surface area (Å²) < 4.78 is 5.05. The van der Waals surface area contributed by atoms with Crippen LogP contribution in [0.2, 0.25) is 0 Å². The summed E-state index contributed by atoms with van der Waals surface area (Å²) in [6.07, 6.45) is 0. The molecular weight excluding hydrogens is 218 g/mol. The molecule has 0 radical (unpaired) electrons. The topological polar surface area (TPSA) is 46.6 Å². The van der Waals surface area contributed by atoms with Crippen molar-refractivity contribution in [3.8, 4) is 5.75 Å². The van der Waals surface area contributed by atoms with E-state index in [1.54, 1.807) is 38.3 Å². The Kier molecular flexibility index (Phi) is 2.71. The molecule has 1 aliphatic heterocycles. The number of likely N-dealkylation sites (N-methyl/N-ethyl adjacent to an activating group) is 1. The number of carbonyl (C=O) groups excluding carboxylic acids is 2. The normalized spacial score (nSPS) is 15.8. The Morgan fingerprint density at radius 2 is 1.65 bits per heavy atom. The highest BCUT2D eigenvalue weighted by atomic mass is 16.5. The lowest BCUT2D eigenvalue weighted by Gasteiger charge is -2.07. The number of imide groups is 1. The van der Waals surface area contributed by atoms with Crippen molar-refractivity contribution < 1.29 is 14.3 Å². The Balaban J connectivity index is 2.46. The van der Waals surface area contributed by atoms with Crippen LogP contribution in [0, 0.1) is 0 Å². The van der Waals surface area contributed by atoms with E-state index < -0.39 is 0 Å². The highest BCUT2D eigenvalue weighted by Gasteiger charge is 2.33. The molecule has 17 heavy (non-hydrogen) atoms. The van der Waals surface area contributed by atoms with Gasteiger partial charge in [-0.15, -0.1) is 0 Å². The van der Waals surface area contributed by atoms with Gasteiger partial charge in [-0.25, -0.2) is 0 Å². The third-order valence-electron chi connectivity index (χ3n) is 2.90. The molecule has 0 N–H and O–H groups in total. The summed E-state index contributed by atoms with van der Waals surface area (Å²) >= 11 is 0. The first kappa shape index (κ1) is 11.4. The zero-order valence-corrected chi connectivity index (χ0v) is 9.98. The minimum atomic E-state index is -0.252. The molecule has 0 unspecified atom stereocenters. The quantitative estimate of drug-likeness (QED) is 0.724. The highest BCUT2D eigenvalue weighted by Crippen LogP contribution is 2.28. The van der Waals surface area contributed by atoms with Gasteiger partial charge in [0.25, 0.3) is 11.8 Å². The van der Waals surface area contributed by atoms with Crippen LogP contribution in [0.1, 0.15) is 12.5 Å². The smallest absolute Gasteiger partial charge is 0.261 e. The van der Waals surface area contributed by atoms with Crippen molar-refractivity contribution >= 4 is 17.4 Å². The van der Waals surface area contributed by atoms with Gasteiger partial charge < -0.3 is 4.74 Å². The molecule has 4 heteroatoms. The minimum absolute atomic E-state index is 0.235. The van der Waals surface area contributed by atoms with E-state index in [2.05, 4.69) is 0 Å². The lowest BCUT2D eigenvalue weighted by molar-refractivity contribution is -0.135. The number of rotatable bonds is 2. The van der Waals surface area contributed by atoms with Gasteiger partial charge in [-0.05, 0) is 24.6 Å². The summed E-state index contributed by atoms with van der Waals surface area (Å²) in [5.41, 5.74) is 1.70. The summed E-state index contributed by atoms with van der Waals surface area (Å²) in [4.78, 5) is 24.7. The van der Waals surface area contributed by atoms with E-state index in [0.29, 0.717) is 11.1 Å². The first-order valence-corrected chi connectivity index (χ1v) is 5.24. The summed E-state index contributed by atoms with van der Waals surface area (Å²) in [7, 11) is 3.07. The first-order chi connectivity index (χ1) is 8.06. The van der Waals surface area contributed by atoms with Gasteiger partial charge in [0.05, 0.1) is 12.7 Å². The number of hydrogen-bond acceptors (Lipinski definition) is 3. The lowest BCUT2D eigenvalue weighted by atomic mass is 10.0. The maximum atomic E-state index is 11.9. The minimum Gasteiger partial charge on any atom is -0.497 e. The van der Waals surface area contributed by atoms with Crippen molar-refractivity contribution in [3.05, 3.63) is 35.4 Å². The second kappa shape index (κ2) is 4.05. The van der Waals surface area contributed by atoms with Crippen LogP contribution in [-0.2, 0) is 9.59 Å². The zero-order valence-electron chi connectivity index (χ0n) is 9.98. The summed E-state index contributed by atoms with van der Waals surface area (Å²) in [5, 5.41) is 0. The predicted molar refractivity (Wildman–Crippen MR) is 63.4 cm³/mol. The molecule has 2 amide bonds. The Morgan fingerprint density at radius 1 is 1.06 bits per heavy atom. The fraction of sp³-hybridized carbons (Fsp3) is 0.231. The molecule has 0 bridgehead atoms. The Labute approximate surface area is 99.5 Å². The molecule has 0 aromatic heterocycles. The molecule has 1 aromatic carbocycles. The molecule has 1 aromatic rings. The van der Waals surface area contributed by atoms with Gasteiger partial charge in [-0.3, -0.25) is 14.5 Å². The molecule has 4 nitrogen and oxygen atoms in total. The summed E-state index contributed by atoms with van der Waals surface area (Å²) in [6, 6.07) is 7.10. The van der Waals surface area contributed by atoms with Gasteiger partial charge >= 0.3 is 0 Å². The number of nitrogens with zero attached hydrogens (tertiary/aromatic N) is 1. The standard InChI is InChI=1S/C13H13NO3/c1-8-11(13(16)14(2)12(8)15)9-4-6-10(17-3)7-5-9/h4-7H,1-3H3. The predicted octanol–water partition coefficient (Wildman–Crippen LogP) is 1.47. The molecule has 0 saturated heterocycles. The van der Waals surface area contributed by atoms with Gasteiger partial charge in [-0.1, -0.05) is 12.1 Å². The van der Waals surface area contributed by atoms with Crippen molar-refractivity contribution in [3.63, 3.8) is 0 Å². The van der Waals surface area contributed by atoms with Crippen LogP contribution >= 0.6 is 0 Å². The molecule has 0 aliphatic carbocycles. The van der Waals surface area contributed by atoms with Gasteiger partial charge in [0.2, 0.25) is 0 Å². The summed E-state index contributed by atoms with van der Waals surface area (Å²) in [6.45, 7) is 1.67.